The first-order valence-corrected chi connectivity index (χ1v) is 12.2. The lowest BCUT2D eigenvalue weighted by molar-refractivity contribution is -0.384. The number of halogens is 2. The van der Waals surface area contributed by atoms with Crippen molar-refractivity contribution < 1.29 is 9.72 Å². The van der Waals surface area contributed by atoms with Gasteiger partial charge in [-0.25, -0.2) is 4.98 Å². The lowest BCUT2D eigenvalue weighted by Gasteiger charge is -2.09. The van der Waals surface area contributed by atoms with Gasteiger partial charge in [-0.15, -0.1) is 11.3 Å². The molecule has 0 bridgehead atoms. The van der Waals surface area contributed by atoms with E-state index in [1.54, 1.807) is 12.1 Å². The first-order chi connectivity index (χ1) is 17.3. The van der Waals surface area contributed by atoms with Crippen molar-refractivity contribution in [1.82, 2.24) is 4.98 Å². The fourth-order valence-corrected chi connectivity index (χ4v) is 5.16. The molecule has 0 aliphatic rings. The number of amides is 1. The van der Waals surface area contributed by atoms with Gasteiger partial charge in [-0.2, -0.15) is 0 Å². The Morgan fingerprint density at radius 1 is 0.972 bits per heavy atom. The van der Waals surface area contributed by atoms with Gasteiger partial charge in [0.25, 0.3) is 11.6 Å². The second-order valence-electron chi connectivity index (χ2n) is 7.83. The van der Waals surface area contributed by atoms with Gasteiger partial charge in [-0.1, -0.05) is 65.7 Å². The number of nitro benzene ring substituents is 1. The molecule has 178 valence electrons. The summed E-state index contributed by atoms with van der Waals surface area (Å²) in [5, 5.41) is 15.0. The molecule has 0 saturated heterocycles. The van der Waals surface area contributed by atoms with E-state index >= 15 is 0 Å². The normalized spacial score (nSPS) is 10.9. The molecule has 3 aromatic carbocycles. The van der Waals surface area contributed by atoms with Crippen molar-refractivity contribution in [3.63, 3.8) is 0 Å². The minimum Gasteiger partial charge on any atom is -0.397 e. The molecule has 0 unspecified atom stereocenters. The fraction of sp³-hybridized carbons (Fsp3) is 0. The van der Waals surface area contributed by atoms with Crippen LogP contribution in [0.1, 0.15) is 9.67 Å². The number of nitro groups is 1. The van der Waals surface area contributed by atoms with Crippen LogP contribution in [0.15, 0.2) is 78.9 Å². The van der Waals surface area contributed by atoms with Crippen molar-refractivity contribution in [1.29, 1.82) is 0 Å². The number of benzene rings is 3. The van der Waals surface area contributed by atoms with Crippen molar-refractivity contribution in [2.75, 3.05) is 11.1 Å². The maximum absolute atomic E-state index is 13.2. The van der Waals surface area contributed by atoms with Crippen molar-refractivity contribution >= 4 is 67.7 Å². The van der Waals surface area contributed by atoms with Crippen LogP contribution in [-0.4, -0.2) is 15.8 Å². The summed E-state index contributed by atoms with van der Waals surface area (Å²) in [5.74, 6) is -0.491. The van der Waals surface area contributed by atoms with E-state index in [1.807, 2.05) is 48.5 Å². The summed E-state index contributed by atoms with van der Waals surface area (Å²) in [6, 6.07) is 22.8. The van der Waals surface area contributed by atoms with Crippen LogP contribution in [0.25, 0.3) is 32.6 Å². The highest BCUT2D eigenvalue weighted by molar-refractivity contribution is 7.21. The summed E-state index contributed by atoms with van der Waals surface area (Å²) in [6.07, 6.45) is 0. The average Bonchev–Trinajstić information content (AvgIpc) is 3.22. The van der Waals surface area contributed by atoms with Gasteiger partial charge in [0, 0.05) is 28.1 Å². The number of pyridine rings is 1. The number of anilines is 2. The Labute approximate surface area is 219 Å². The first kappa shape index (κ1) is 23.7. The number of rotatable bonds is 5. The molecule has 10 heteroatoms. The topological polar surface area (TPSA) is 111 Å². The van der Waals surface area contributed by atoms with E-state index in [0.29, 0.717) is 15.2 Å². The molecule has 0 saturated carbocycles. The zero-order valence-electron chi connectivity index (χ0n) is 18.4. The summed E-state index contributed by atoms with van der Waals surface area (Å²) in [4.78, 5) is 29.3. The van der Waals surface area contributed by atoms with E-state index < -0.39 is 10.8 Å². The van der Waals surface area contributed by atoms with Crippen LogP contribution < -0.4 is 11.1 Å². The van der Waals surface area contributed by atoms with Gasteiger partial charge < -0.3 is 11.1 Å². The van der Waals surface area contributed by atoms with E-state index in [1.165, 1.54) is 18.2 Å². The second kappa shape index (κ2) is 9.58. The number of carbonyl (C=O) groups excluding carboxylic acids is 1. The Morgan fingerprint density at radius 3 is 2.36 bits per heavy atom. The number of fused-ring (bicyclic) bond motifs is 1. The van der Waals surface area contributed by atoms with Crippen molar-refractivity contribution in [3.8, 4) is 22.4 Å². The Kier molecular flexibility index (Phi) is 6.32. The minimum atomic E-state index is -0.560. The summed E-state index contributed by atoms with van der Waals surface area (Å²) < 4.78 is 0. The molecule has 2 aromatic heterocycles. The highest BCUT2D eigenvalue weighted by atomic mass is 35.5. The molecule has 1 amide bonds. The number of non-ortho nitro benzene ring substituents is 1. The number of hydrogen-bond acceptors (Lipinski definition) is 6. The molecule has 2 heterocycles. The van der Waals surface area contributed by atoms with Crippen LogP contribution in [0.4, 0.5) is 17.1 Å². The highest BCUT2D eigenvalue weighted by Gasteiger charge is 2.22. The van der Waals surface area contributed by atoms with Crippen molar-refractivity contribution in [2.45, 2.75) is 0 Å². The molecule has 0 aliphatic carbocycles. The van der Waals surface area contributed by atoms with E-state index in [0.717, 1.165) is 33.7 Å². The van der Waals surface area contributed by atoms with Gasteiger partial charge in [0.2, 0.25) is 0 Å². The molecule has 5 rings (SSSR count). The Bertz CT molecular complexity index is 1640. The molecular formula is C26H16Cl2N4O3S. The summed E-state index contributed by atoms with van der Waals surface area (Å²) in [6.45, 7) is 0. The first-order valence-electron chi connectivity index (χ1n) is 10.6. The number of aromatic nitrogens is 1. The third-order valence-electron chi connectivity index (χ3n) is 5.54. The van der Waals surface area contributed by atoms with Crippen molar-refractivity contribution in [2.24, 2.45) is 0 Å². The van der Waals surface area contributed by atoms with Crippen LogP contribution in [0, 0.1) is 10.1 Å². The maximum atomic E-state index is 13.2. The molecular weight excluding hydrogens is 519 g/mol. The molecule has 7 nitrogen and oxygen atoms in total. The largest absolute Gasteiger partial charge is 0.397 e. The van der Waals surface area contributed by atoms with Crippen molar-refractivity contribution in [3.05, 3.63) is 104 Å². The van der Waals surface area contributed by atoms with Crippen LogP contribution in [0.5, 0.6) is 0 Å². The number of nitrogens with zero attached hydrogens (tertiary/aromatic N) is 2. The Morgan fingerprint density at radius 2 is 1.69 bits per heavy atom. The Balaban J connectivity index is 1.62. The number of thiophene rings is 1. The quantitative estimate of drug-likeness (QED) is 0.177. The minimum absolute atomic E-state index is 0.0450. The number of nitrogens with two attached hydrogens (primary N) is 1. The average molecular weight is 535 g/mol. The lowest BCUT2D eigenvalue weighted by atomic mass is 9.99. The smallest absolute Gasteiger partial charge is 0.271 e. The SMILES string of the molecule is Nc1c(C(=O)Nc2ccc([N+](=O)[O-])cc2Cl)sc2nc(-c3ccccc3)cc(-c3ccc(Cl)cc3)c12. The van der Waals surface area contributed by atoms with Crippen LogP contribution >= 0.6 is 34.5 Å². The molecule has 0 aliphatic heterocycles. The molecule has 0 fully saturated rings. The molecule has 0 spiro atoms. The van der Waals surface area contributed by atoms with Crippen LogP contribution in [0.3, 0.4) is 0 Å². The third-order valence-corrected chi connectivity index (χ3v) is 7.20. The summed E-state index contributed by atoms with van der Waals surface area (Å²) >= 11 is 13.4. The summed E-state index contributed by atoms with van der Waals surface area (Å²) in [7, 11) is 0. The molecule has 5 aromatic rings. The monoisotopic (exact) mass is 534 g/mol. The van der Waals surface area contributed by atoms with E-state index in [2.05, 4.69) is 5.32 Å². The van der Waals surface area contributed by atoms with Gasteiger partial charge in [-0.05, 0) is 35.4 Å². The zero-order valence-corrected chi connectivity index (χ0v) is 20.7. The number of hydrogen-bond donors (Lipinski definition) is 2. The predicted octanol–water partition coefficient (Wildman–Crippen LogP) is 7.68. The Hall–Kier alpha value is -3.98. The summed E-state index contributed by atoms with van der Waals surface area (Å²) in [5.41, 5.74) is 10.2. The number of carbonyl (C=O) groups is 1. The third kappa shape index (κ3) is 4.49. The van der Waals surface area contributed by atoms with Crippen LogP contribution in [-0.2, 0) is 0 Å². The van der Waals surface area contributed by atoms with E-state index in [9.17, 15) is 14.9 Å². The van der Waals surface area contributed by atoms with E-state index in [-0.39, 0.29) is 27.0 Å². The van der Waals surface area contributed by atoms with Gasteiger partial charge in [0.1, 0.15) is 9.71 Å². The lowest BCUT2D eigenvalue weighted by Crippen LogP contribution is -2.12. The van der Waals surface area contributed by atoms with Gasteiger partial charge >= 0.3 is 0 Å². The van der Waals surface area contributed by atoms with Gasteiger partial charge in [-0.3, -0.25) is 14.9 Å². The van der Waals surface area contributed by atoms with Gasteiger partial charge in [0.05, 0.1) is 27.0 Å². The predicted molar refractivity (Wildman–Crippen MR) is 146 cm³/mol. The fourth-order valence-electron chi connectivity index (χ4n) is 3.80. The number of nitrogens with one attached hydrogen (secondary N) is 1. The van der Waals surface area contributed by atoms with Gasteiger partial charge in [0.15, 0.2) is 0 Å². The zero-order chi connectivity index (χ0) is 25.4. The standard InChI is InChI=1S/C26H16Cl2N4O3S/c27-16-8-6-14(7-9-16)18-13-21(15-4-2-1-3-5-15)31-26-22(18)23(29)24(36-26)25(33)30-20-11-10-17(32(34)35)12-19(20)28/h1-13H,29H2,(H,30,33). The molecule has 0 atom stereocenters. The van der Waals surface area contributed by atoms with Crippen LogP contribution in [0.2, 0.25) is 10.0 Å². The highest BCUT2D eigenvalue weighted by Crippen LogP contribution is 2.42. The number of nitrogen functional groups attached to an aromatic ring is 1. The maximum Gasteiger partial charge on any atom is 0.271 e. The second-order valence-corrected chi connectivity index (χ2v) is 9.67. The van der Waals surface area contributed by atoms with E-state index in [4.69, 9.17) is 33.9 Å². The molecule has 0 radical (unpaired) electrons. The molecule has 3 N–H and O–H groups in total. The molecule has 36 heavy (non-hydrogen) atoms.